The van der Waals surface area contributed by atoms with E-state index < -0.39 is 28.4 Å². The van der Waals surface area contributed by atoms with Crippen molar-refractivity contribution in [2.75, 3.05) is 6.54 Å². The smallest absolute Gasteiger partial charge is 0.272 e. The number of benzene rings is 2. The molecule has 6 nitrogen and oxygen atoms in total. The summed E-state index contributed by atoms with van der Waals surface area (Å²) in [6.45, 7) is 4.30. The minimum Gasteiger partial charge on any atom is -0.350 e. The van der Waals surface area contributed by atoms with Gasteiger partial charge in [-0.05, 0) is 23.1 Å². The van der Waals surface area contributed by atoms with Crippen molar-refractivity contribution >= 4 is 24.0 Å². The van der Waals surface area contributed by atoms with E-state index in [1.807, 2.05) is 24.3 Å². The summed E-state index contributed by atoms with van der Waals surface area (Å²) in [4.78, 5) is 21.9. The monoisotopic (exact) mass is 381 g/mol. The second-order valence-corrected chi connectivity index (χ2v) is 6.06. The van der Waals surface area contributed by atoms with E-state index in [0.717, 1.165) is 23.8 Å². The van der Waals surface area contributed by atoms with Crippen LogP contribution in [0.2, 0.25) is 0 Å². The Labute approximate surface area is 157 Å². The predicted octanol–water partition coefficient (Wildman–Crippen LogP) is 3.71. The van der Waals surface area contributed by atoms with Crippen molar-refractivity contribution < 1.29 is 14.1 Å². The van der Waals surface area contributed by atoms with E-state index in [2.05, 4.69) is 19.2 Å². The van der Waals surface area contributed by atoms with Gasteiger partial charge < -0.3 is 11.1 Å². The van der Waals surface area contributed by atoms with E-state index in [1.165, 1.54) is 5.56 Å². The lowest BCUT2D eigenvalue weighted by molar-refractivity contribution is -0.385. The second-order valence-electron chi connectivity index (χ2n) is 6.06. The molecule has 2 aromatic rings. The largest absolute Gasteiger partial charge is 0.350 e. The van der Waals surface area contributed by atoms with Crippen LogP contribution in [0, 0.1) is 15.9 Å². The highest BCUT2D eigenvalue weighted by Crippen LogP contribution is 2.18. The quantitative estimate of drug-likeness (QED) is 0.588. The summed E-state index contributed by atoms with van der Waals surface area (Å²) < 4.78 is 13.8. The topological polar surface area (TPSA) is 98.3 Å². The van der Waals surface area contributed by atoms with Gasteiger partial charge in [-0.1, -0.05) is 38.1 Å². The summed E-state index contributed by atoms with van der Waals surface area (Å²) >= 11 is 0. The van der Waals surface area contributed by atoms with Crippen molar-refractivity contribution in [2.45, 2.75) is 25.8 Å². The van der Waals surface area contributed by atoms with Crippen molar-refractivity contribution in [1.29, 1.82) is 0 Å². The van der Waals surface area contributed by atoms with Crippen LogP contribution >= 0.6 is 12.4 Å². The molecule has 0 saturated heterocycles. The average Bonchev–Trinajstić information content (AvgIpc) is 2.59. The Morgan fingerprint density at radius 2 is 1.77 bits per heavy atom. The number of non-ortho nitro benzene ring substituents is 1. The number of carbonyl (C=O) groups is 1. The number of nitrogens with two attached hydrogens (primary N) is 1. The summed E-state index contributed by atoms with van der Waals surface area (Å²) in [6.07, 6.45) is 0. The summed E-state index contributed by atoms with van der Waals surface area (Å²) in [5.41, 5.74) is 7.43. The fourth-order valence-electron chi connectivity index (χ4n) is 2.35. The Bertz CT molecular complexity index is 782. The lowest BCUT2D eigenvalue weighted by atomic mass is 9.99. The average molecular weight is 382 g/mol. The molecule has 0 bridgehead atoms. The van der Waals surface area contributed by atoms with Gasteiger partial charge >= 0.3 is 0 Å². The third kappa shape index (κ3) is 5.24. The maximum atomic E-state index is 13.8. The molecule has 1 atom stereocenters. The van der Waals surface area contributed by atoms with E-state index in [0.29, 0.717) is 5.92 Å². The highest BCUT2D eigenvalue weighted by Gasteiger charge is 2.17. The molecular weight excluding hydrogens is 361 g/mol. The van der Waals surface area contributed by atoms with Crippen molar-refractivity contribution in [3.05, 3.63) is 75.1 Å². The molecule has 0 saturated carbocycles. The van der Waals surface area contributed by atoms with Crippen LogP contribution in [0.4, 0.5) is 10.1 Å². The van der Waals surface area contributed by atoms with Crippen LogP contribution in [0.15, 0.2) is 42.5 Å². The van der Waals surface area contributed by atoms with E-state index in [1.54, 1.807) is 0 Å². The molecule has 0 heterocycles. The molecule has 0 fully saturated rings. The van der Waals surface area contributed by atoms with Gasteiger partial charge in [-0.3, -0.25) is 14.9 Å². The maximum Gasteiger partial charge on any atom is 0.272 e. The highest BCUT2D eigenvalue weighted by molar-refractivity contribution is 5.94. The molecule has 1 amide bonds. The fourth-order valence-corrected chi connectivity index (χ4v) is 2.35. The molecule has 0 aliphatic rings. The van der Waals surface area contributed by atoms with Crippen LogP contribution in [-0.2, 0) is 0 Å². The van der Waals surface area contributed by atoms with Crippen LogP contribution in [-0.4, -0.2) is 17.4 Å². The third-order valence-electron chi connectivity index (χ3n) is 3.92. The van der Waals surface area contributed by atoms with Gasteiger partial charge in [0.25, 0.3) is 11.6 Å². The van der Waals surface area contributed by atoms with Crippen molar-refractivity contribution in [1.82, 2.24) is 5.32 Å². The predicted molar refractivity (Wildman–Crippen MR) is 100 cm³/mol. The zero-order valence-corrected chi connectivity index (χ0v) is 15.3. The van der Waals surface area contributed by atoms with Gasteiger partial charge in [-0.15, -0.1) is 12.4 Å². The van der Waals surface area contributed by atoms with Crippen molar-refractivity contribution in [3.63, 3.8) is 0 Å². The van der Waals surface area contributed by atoms with Crippen LogP contribution in [0.25, 0.3) is 0 Å². The first-order valence-electron chi connectivity index (χ1n) is 7.87. The molecule has 0 aromatic heterocycles. The van der Waals surface area contributed by atoms with Crippen LogP contribution in [0.3, 0.4) is 0 Å². The normalized spacial score (nSPS) is 11.6. The number of nitrogens with one attached hydrogen (secondary N) is 1. The van der Waals surface area contributed by atoms with Gasteiger partial charge in [-0.25, -0.2) is 4.39 Å². The number of hydrogen-bond donors (Lipinski definition) is 2. The maximum absolute atomic E-state index is 13.8. The van der Waals surface area contributed by atoms with E-state index in [-0.39, 0.29) is 24.5 Å². The molecule has 8 heteroatoms. The van der Waals surface area contributed by atoms with Crippen LogP contribution in [0.1, 0.15) is 47.3 Å². The van der Waals surface area contributed by atoms with E-state index in [9.17, 15) is 19.3 Å². The molecule has 3 N–H and O–H groups in total. The van der Waals surface area contributed by atoms with Crippen molar-refractivity contribution in [2.24, 2.45) is 5.73 Å². The van der Waals surface area contributed by atoms with Crippen LogP contribution in [0.5, 0.6) is 0 Å². The molecule has 140 valence electrons. The Morgan fingerprint density at radius 3 is 2.27 bits per heavy atom. The first-order valence-corrected chi connectivity index (χ1v) is 7.87. The SMILES string of the molecule is CC(C)c1ccc(C(N)CNC(=O)c2ccc([N+](=O)[O-])cc2F)cc1.Cl. The minimum atomic E-state index is -0.943. The number of nitro benzene ring substituents is 1. The molecule has 2 rings (SSSR count). The standard InChI is InChI=1S/C18H20FN3O3.ClH/c1-11(2)12-3-5-13(6-4-12)17(20)10-21-18(23)15-8-7-14(22(24)25)9-16(15)19;/h3-9,11,17H,10,20H2,1-2H3,(H,21,23);1H. The van der Waals surface area contributed by atoms with Crippen LogP contribution < -0.4 is 11.1 Å². The number of hydrogen-bond acceptors (Lipinski definition) is 4. The third-order valence-corrected chi connectivity index (χ3v) is 3.92. The number of nitro groups is 1. The Morgan fingerprint density at radius 1 is 1.19 bits per heavy atom. The summed E-state index contributed by atoms with van der Waals surface area (Å²) in [5.74, 6) is -1.20. The zero-order valence-electron chi connectivity index (χ0n) is 14.4. The highest BCUT2D eigenvalue weighted by atomic mass is 35.5. The molecule has 0 spiro atoms. The Kier molecular flexibility index (Phi) is 7.67. The lowest BCUT2D eigenvalue weighted by Gasteiger charge is -2.15. The fraction of sp³-hybridized carbons (Fsp3) is 0.278. The van der Waals surface area contributed by atoms with Crippen molar-refractivity contribution in [3.8, 4) is 0 Å². The van der Waals surface area contributed by atoms with E-state index >= 15 is 0 Å². The minimum absolute atomic E-state index is 0. The molecule has 2 aromatic carbocycles. The summed E-state index contributed by atoms with van der Waals surface area (Å²) in [7, 11) is 0. The number of carbonyl (C=O) groups excluding carboxylic acids is 1. The van der Waals surface area contributed by atoms with Gasteiger partial charge in [0.15, 0.2) is 0 Å². The molecule has 0 radical (unpaired) electrons. The molecule has 26 heavy (non-hydrogen) atoms. The van der Waals surface area contributed by atoms with Gasteiger partial charge in [0.05, 0.1) is 16.6 Å². The van der Waals surface area contributed by atoms with Gasteiger partial charge in [0.1, 0.15) is 5.82 Å². The summed E-state index contributed by atoms with van der Waals surface area (Å²) in [5, 5.41) is 13.1. The first-order chi connectivity index (χ1) is 11.8. The van der Waals surface area contributed by atoms with Gasteiger partial charge in [0.2, 0.25) is 0 Å². The number of amides is 1. The van der Waals surface area contributed by atoms with Gasteiger partial charge in [0, 0.05) is 18.7 Å². The molecular formula is C18H21ClFN3O3. The number of nitrogens with zero attached hydrogens (tertiary/aromatic N) is 1. The zero-order chi connectivity index (χ0) is 18.6. The van der Waals surface area contributed by atoms with Gasteiger partial charge in [-0.2, -0.15) is 0 Å². The lowest BCUT2D eigenvalue weighted by Crippen LogP contribution is -2.32. The van der Waals surface area contributed by atoms with E-state index in [4.69, 9.17) is 5.73 Å². The first kappa shape index (κ1) is 21.5. The molecule has 0 aliphatic carbocycles. The number of halogens is 2. The second kappa shape index (κ2) is 9.26. The Hall–Kier alpha value is -2.51. The number of rotatable bonds is 6. The molecule has 0 aliphatic heterocycles. The Balaban J connectivity index is 0.00000338. The molecule has 1 unspecified atom stereocenters. The summed E-state index contributed by atoms with van der Waals surface area (Å²) in [6, 6.07) is 10.2.